The normalized spacial score (nSPS) is 10.0. The van der Waals surface area contributed by atoms with E-state index in [1.54, 1.807) is 14.2 Å². The minimum Gasteiger partial charge on any atom is -0.295 e. The van der Waals surface area contributed by atoms with Gasteiger partial charge in [-0.2, -0.15) is 0 Å². The second-order valence-electron chi connectivity index (χ2n) is 1.98. The summed E-state index contributed by atoms with van der Waals surface area (Å²) in [5.74, 6) is 0. The molecule has 0 radical (unpaired) electrons. The Morgan fingerprint density at radius 1 is 0.909 bits per heavy atom. The molecule has 0 fully saturated rings. The Labute approximate surface area is 70.9 Å². The molecule has 2 rings (SSSR count). The van der Waals surface area contributed by atoms with Gasteiger partial charge in [0.05, 0.1) is 14.2 Å². The predicted octanol–water partition coefficient (Wildman–Crippen LogP) is 2.51. The molecule has 2 aliphatic carbocycles. The lowest BCUT2D eigenvalue weighted by molar-refractivity contribution is 0.386. The van der Waals surface area contributed by atoms with Crippen LogP contribution in [0.4, 0.5) is 0 Å². The summed E-state index contributed by atoms with van der Waals surface area (Å²) in [4.78, 5) is 0. The summed E-state index contributed by atoms with van der Waals surface area (Å²) in [6.45, 7) is 0. The molecule has 0 aromatic heterocycles. The second-order valence-corrected chi connectivity index (χ2v) is 2.78. The lowest BCUT2D eigenvalue weighted by Gasteiger charge is -2.10. The van der Waals surface area contributed by atoms with E-state index in [1.165, 1.54) is 11.1 Å². The van der Waals surface area contributed by atoms with E-state index in [1.807, 2.05) is 0 Å². The quantitative estimate of drug-likeness (QED) is 0.645. The molecule has 0 atom stereocenters. The van der Waals surface area contributed by atoms with E-state index in [4.69, 9.17) is 0 Å². The summed E-state index contributed by atoms with van der Waals surface area (Å²) in [7, 11) is 3.10. The van der Waals surface area contributed by atoms with E-state index in [2.05, 4.69) is 32.6 Å². The summed E-state index contributed by atoms with van der Waals surface area (Å²) in [5.41, 5.74) is 2.85. The first-order chi connectivity index (χ1) is 5.38. The van der Waals surface area contributed by atoms with E-state index in [0.717, 1.165) is 12.3 Å². The molecule has 0 N–H and O–H groups in total. The Morgan fingerprint density at radius 2 is 1.27 bits per heavy atom. The lowest BCUT2D eigenvalue weighted by Crippen LogP contribution is -1.85. The highest BCUT2D eigenvalue weighted by molar-refractivity contribution is 7.89. The first kappa shape index (κ1) is 8.59. The van der Waals surface area contributed by atoms with Crippen LogP contribution in [0.2, 0.25) is 0 Å². The highest BCUT2D eigenvalue weighted by Gasteiger charge is 2.03. The Morgan fingerprint density at radius 3 is 1.27 bits per heavy atom. The predicted molar refractivity (Wildman–Crippen MR) is 47.0 cm³/mol. The first-order valence-electron chi connectivity index (χ1n) is 3.22. The summed E-state index contributed by atoms with van der Waals surface area (Å²) >= 11 is 0.963. The number of benzene rings is 1. The largest absolute Gasteiger partial charge is 0.295 e. The van der Waals surface area contributed by atoms with Crippen LogP contribution < -0.4 is 0 Å². The van der Waals surface area contributed by atoms with Crippen molar-refractivity contribution in [3.05, 3.63) is 24.3 Å². The van der Waals surface area contributed by atoms with E-state index in [-0.39, 0.29) is 0 Å². The van der Waals surface area contributed by atoms with Gasteiger partial charge < -0.3 is 0 Å². The summed E-state index contributed by atoms with van der Waals surface area (Å²) in [6.07, 6.45) is 0. The van der Waals surface area contributed by atoms with E-state index < -0.39 is 0 Å². The Kier molecular flexibility index (Phi) is 3.42. The van der Waals surface area contributed by atoms with Crippen molar-refractivity contribution < 1.29 is 8.37 Å². The number of rotatable bonds is 2. The van der Waals surface area contributed by atoms with E-state index in [0.29, 0.717) is 0 Å². The summed E-state index contributed by atoms with van der Waals surface area (Å²) < 4.78 is 8.77. The summed E-state index contributed by atoms with van der Waals surface area (Å²) in [5, 5.41) is 0. The minimum absolute atomic E-state index is 0.963. The molecule has 0 unspecified atom stereocenters. The molecule has 0 aromatic carbocycles. The SMILES string of the molecule is COSOC.c1cc2ccc1-2. The lowest BCUT2D eigenvalue weighted by atomic mass is 9.95. The third-order valence-corrected chi connectivity index (χ3v) is 1.63. The van der Waals surface area contributed by atoms with Crippen molar-refractivity contribution in [2.24, 2.45) is 0 Å². The van der Waals surface area contributed by atoms with Gasteiger partial charge in [0.25, 0.3) is 0 Å². The maximum absolute atomic E-state index is 4.39. The van der Waals surface area contributed by atoms with E-state index in [9.17, 15) is 0 Å². The van der Waals surface area contributed by atoms with Crippen LogP contribution in [-0.2, 0) is 8.37 Å². The van der Waals surface area contributed by atoms with Crippen molar-refractivity contribution in [1.82, 2.24) is 0 Å². The molecule has 2 aliphatic rings. The van der Waals surface area contributed by atoms with Gasteiger partial charge in [0.15, 0.2) is 12.3 Å². The zero-order valence-corrected chi connectivity index (χ0v) is 7.35. The van der Waals surface area contributed by atoms with Crippen molar-refractivity contribution in [1.29, 1.82) is 0 Å². The molecule has 0 saturated carbocycles. The van der Waals surface area contributed by atoms with Gasteiger partial charge in [-0.3, -0.25) is 8.37 Å². The van der Waals surface area contributed by atoms with Crippen molar-refractivity contribution >= 4 is 12.3 Å². The molecule has 0 aromatic rings. The summed E-state index contributed by atoms with van der Waals surface area (Å²) in [6, 6.07) is 8.48. The molecule has 0 bridgehead atoms. The Balaban J connectivity index is 0.000000114. The molecule has 2 nitrogen and oxygen atoms in total. The van der Waals surface area contributed by atoms with Gasteiger partial charge in [-0.15, -0.1) is 0 Å². The number of hydrogen-bond donors (Lipinski definition) is 0. The molecule has 11 heavy (non-hydrogen) atoms. The molecule has 60 valence electrons. The average molecular weight is 170 g/mol. The molecule has 3 heteroatoms. The van der Waals surface area contributed by atoms with Crippen LogP contribution in [0.15, 0.2) is 24.3 Å². The molecule has 0 spiro atoms. The average Bonchev–Trinajstić information content (AvgIpc) is 2.00. The maximum Gasteiger partial charge on any atom is 0.158 e. The van der Waals surface area contributed by atoms with Gasteiger partial charge in [-0.25, -0.2) is 0 Å². The zero-order valence-electron chi connectivity index (χ0n) is 6.53. The van der Waals surface area contributed by atoms with Crippen LogP contribution in [0.25, 0.3) is 11.1 Å². The molecule has 0 amide bonds. The van der Waals surface area contributed by atoms with Crippen LogP contribution in [0.3, 0.4) is 0 Å². The molecule has 0 aliphatic heterocycles. The van der Waals surface area contributed by atoms with Gasteiger partial charge >= 0.3 is 0 Å². The monoisotopic (exact) mass is 170 g/mol. The number of hydrogen-bond acceptors (Lipinski definition) is 3. The van der Waals surface area contributed by atoms with Gasteiger partial charge in [-0.1, -0.05) is 24.3 Å². The van der Waals surface area contributed by atoms with Crippen LogP contribution in [0, 0.1) is 0 Å². The van der Waals surface area contributed by atoms with Gasteiger partial charge in [-0.05, 0) is 11.1 Å². The fourth-order valence-electron chi connectivity index (χ4n) is 0.731. The van der Waals surface area contributed by atoms with Crippen LogP contribution in [0.1, 0.15) is 0 Å². The smallest absolute Gasteiger partial charge is 0.158 e. The fraction of sp³-hybridized carbons (Fsp3) is 0.250. The first-order valence-corrected chi connectivity index (χ1v) is 3.89. The molecular formula is C8H10O2S. The molecule has 0 heterocycles. The van der Waals surface area contributed by atoms with Crippen molar-refractivity contribution in [2.45, 2.75) is 0 Å². The third kappa shape index (κ3) is 2.22. The maximum atomic E-state index is 4.39. The van der Waals surface area contributed by atoms with Gasteiger partial charge in [0, 0.05) is 0 Å². The minimum atomic E-state index is 0.963. The fourth-order valence-corrected chi connectivity index (χ4v) is 0.867. The Bertz CT molecular complexity index is 185. The molecule has 0 saturated heterocycles. The third-order valence-electron chi connectivity index (χ3n) is 1.35. The Hall–Kier alpha value is -0.510. The zero-order chi connectivity index (χ0) is 8.10. The van der Waals surface area contributed by atoms with Gasteiger partial charge in [0.1, 0.15) is 0 Å². The second kappa shape index (κ2) is 4.38. The van der Waals surface area contributed by atoms with Crippen molar-refractivity contribution in [2.75, 3.05) is 14.2 Å². The highest BCUT2D eigenvalue weighted by atomic mass is 32.2. The van der Waals surface area contributed by atoms with Crippen LogP contribution in [0.5, 0.6) is 0 Å². The molecular weight excluding hydrogens is 160 g/mol. The van der Waals surface area contributed by atoms with Crippen molar-refractivity contribution in [3.63, 3.8) is 0 Å². The van der Waals surface area contributed by atoms with Crippen molar-refractivity contribution in [3.8, 4) is 11.1 Å². The van der Waals surface area contributed by atoms with E-state index >= 15 is 0 Å². The highest BCUT2D eigenvalue weighted by Crippen LogP contribution is 2.29. The topological polar surface area (TPSA) is 18.5 Å². The number of fused-ring (bicyclic) bond motifs is 1. The van der Waals surface area contributed by atoms with Crippen LogP contribution >= 0.6 is 12.3 Å². The van der Waals surface area contributed by atoms with Crippen LogP contribution in [-0.4, -0.2) is 14.2 Å². The standard InChI is InChI=1S/C6H4.C2H6O2S/c1-2-6-4-3-5(1)6;1-3-5-4-2/h1-4H;1-2H3. The van der Waals surface area contributed by atoms with Gasteiger partial charge in [0.2, 0.25) is 0 Å².